The lowest BCUT2D eigenvalue weighted by atomic mass is 10.2. The van der Waals surface area contributed by atoms with E-state index in [1.165, 1.54) is 5.56 Å². The van der Waals surface area contributed by atoms with Crippen LogP contribution < -0.4 is 4.90 Å². The van der Waals surface area contributed by atoms with Crippen LogP contribution in [0.4, 0.5) is 5.69 Å². The highest BCUT2D eigenvalue weighted by atomic mass is 79.9. The summed E-state index contributed by atoms with van der Waals surface area (Å²) in [5.41, 5.74) is 3.38. The molecular formula is C15H18BrNO2. The number of benzene rings is 1. The SMILES string of the molecule is CCOC(=O)/C=C1\CCCN1c1c(C)cccc1Br. The van der Waals surface area contributed by atoms with Crippen LogP contribution in [0, 0.1) is 6.92 Å². The van der Waals surface area contributed by atoms with Crippen molar-refractivity contribution in [3.8, 4) is 0 Å². The van der Waals surface area contributed by atoms with Gasteiger partial charge in [0.05, 0.1) is 12.3 Å². The molecule has 0 N–H and O–H groups in total. The average molecular weight is 324 g/mol. The maximum Gasteiger partial charge on any atom is 0.332 e. The van der Waals surface area contributed by atoms with E-state index in [9.17, 15) is 4.79 Å². The third-order valence-electron chi connectivity index (χ3n) is 3.19. The number of hydrogen-bond donors (Lipinski definition) is 0. The maximum absolute atomic E-state index is 11.6. The number of nitrogens with zero attached hydrogens (tertiary/aromatic N) is 1. The summed E-state index contributed by atoms with van der Waals surface area (Å²) in [6.45, 7) is 5.26. The van der Waals surface area contributed by atoms with Gasteiger partial charge in [-0.15, -0.1) is 0 Å². The van der Waals surface area contributed by atoms with Crippen molar-refractivity contribution >= 4 is 27.6 Å². The molecule has 1 heterocycles. The van der Waals surface area contributed by atoms with E-state index >= 15 is 0 Å². The zero-order valence-electron chi connectivity index (χ0n) is 11.3. The van der Waals surface area contributed by atoms with E-state index in [4.69, 9.17) is 4.74 Å². The van der Waals surface area contributed by atoms with Gasteiger partial charge in [-0.25, -0.2) is 4.79 Å². The first-order valence-corrected chi connectivity index (χ1v) is 7.32. The van der Waals surface area contributed by atoms with Crippen molar-refractivity contribution in [2.24, 2.45) is 0 Å². The van der Waals surface area contributed by atoms with E-state index in [1.54, 1.807) is 6.08 Å². The predicted molar refractivity (Wildman–Crippen MR) is 80.2 cm³/mol. The second-order valence-corrected chi connectivity index (χ2v) is 5.40. The molecule has 0 radical (unpaired) electrons. The number of carbonyl (C=O) groups is 1. The van der Waals surface area contributed by atoms with Crippen molar-refractivity contribution < 1.29 is 9.53 Å². The Labute approximate surface area is 122 Å². The van der Waals surface area contributed by atoms with Gasteiger partial charge < -0.3 is 9.64 Å². The van der Waals surface area contributed by atoms with E-state index in [2.05, 4.69) is 33.8 Å². The standard InChI is InChI=1S/C15H18BrNO2/c1-3-19-14(18)10-12-7-5-9-17(12)15-11(2)6-4-8-13(15)16/h4,6,8,10H,3,5,7,9H2,1-2H3/b12-10+. The van der Waals surface area contributed by atoms with Gasteiger partial charge in [-0.2, -0.15) is 0 Å². The molecule has 0 unspecified atom stereocenters. The Bertz CT molecular complexity index is 491. The molecule has 19 heavy (non-hydrogen) atoms. The molecule has 1 aliphatic heterocycles. The lowest BCUT2D eigenvalue weighted by Gasteiger charge is -2.23. The van der Waals surface area contributed by atoms with Gasteiger partial charge in [0.1, 0.15) is 0 Å². The quantitative estimate of drug-likeness (QED) is 0.625. The molecule has 0 saturated carbocycles. The molecule has 1 aliphatic rings. The van der Waals surface area contributed by atoms with E-state index in [0.29, 0.717) is 6.61 Å². The van der Waals surface area contributed by atoms with Gasteiger partial charge in [0.15, 0.2) is 0 Å². The van der Waals surface area contributed by atoms with E-state index < -0.39 is 0 Å². The van der Waals surface area contributed by atoms with Crippen molar-refractivity contribution in [2.45, 2.75) is 26.7 Å². The van der Waals surface area contributed by atoms with Gasteiger partial charge in [0.25, 0.3) is 0 Å². The number of ether oxygens (including phenoxy) is 1. The molecule has 1 saturated heterocycles. The Morgan fingerprint density at radius 1 is 1.53 bits per heavy atom. The number of hydrogen-bond acceptors (Lipinski definition) is 3. The molecule has 1 aromatic carbocycles. The Balaban J connectivity index is 2.31. The fourth-order valence-electron chi connectivity index (χ4n) is 2.39. The van der Waals surface area contributed by atoms with Crippen LogP contribution in [-0.4, -0.2) is 19.1 Å². The van der Waals surface area contributed by atoms with E-state index in [-0.39, 0.29) is 5.97 Å². The van der Waals surface area contributed by atoms with Gasteiger partial charge in [0, 0.05) is 22.8 Å². The number of aryl methyl sites for hydroxylation is 1. The second kappa shape index (κ2) is 6.24. The smallest absolute Gasteiger partial charge is 0.332 e. The molecule has 0 atom stereocenters. The van der Waals surface area contributed by atoms with Gasteiger partial charge in [-0.05, 0) is 54.2 Å². The predicted octanol–water partition coefficient (Wildman–Crippen LogP) is 3.80. The molecule has 0 spiro atoms. The molecule has 0 aromatic heterocycles. The summed E-state index contributed by atoms with van der Waals surface area (Å²) < 4.78 is 6.05. The number of anilines is 1. The Hall–Kier alpha value is -1.29. The molecule has 102 valence electrons. The first kappa shape index (κ1) is 14.1. The van der Waals surface area contributed by atoms with Gasteiger partial charge in [-0.1, -0.05) is 12.1 Å². The van der Waals surface area contributed by atoms with Crippen molar-refractivity contribution in [2.75, 3.05) is 18.1 Å². The van der Waals surface area contributed by atoms with Gasteiger partial charge in [-0.3, -0.25) is 0 Å². The summed E-state index contributed by atoms with van der Waals surface area (Å²) in [4.78, 5) is 13.8. The third kappa shape index (κ3) is 3.18. The number of rotatable bonds is 3. The largest absolute Gasteiger partial charge is 0.463 e. The number of para-hydroxylation sites is 1. The van der Waals surface area contributed by atoms with Crippen LogP contribution in [0.1, 0.15) is 25.3 Å². The summed E-state index contributed by atoms with van der Waals surface area (Å²) >= 11 is 3.60. The Morgan fingerprint density at radius 3 is 3.00 bits per heavy atom. The average Bonchev–Trinajstić information content (AvgIpc) is 2.77. The fraction of sp³-hybridized carbons (Fsp3) is 0.400. The summed E-state index contributed by atoms with van der Waals surface area (Å²) in [5.74, 6) is -0.255. The maximum atomic E-state index is 11.6. The highest BCUT2D eigenvalue weighted by molar-refractivity contribution is 9.10. The topological polar surface area (TPSA) is 29.5 Å². The Morgan fingerprint density at radius 2 is 2.32 bits per heavy atom. The summed E-state index contributed by atoms with van der Waals surface area (Å²) in [6, 6.07) is 6.14. The number of allylic oxidation sites excluding steroid dienone is 1. The Kier molecular flexibility index (Phi) is 4.64. The molecule has 2 rings (SSSR count). The van der Waals surface area contributed by atoms with Crippen LogP contribution in [0.5, 0.6) is 0 Å². The monoisotopic (exact) mass is 323 g/mol. The van der Waals surface area contributed by atoms with Gasteiger partial charge in [0.2, 0.25) is 0 Å². The number of esters is 1. The molecule has 4 heteroatoms. The highest BCUT2D eigenvalue weighted by Gasteiger charge is 2.22. The third-order valence-corrected chi connectivity index (χ3v) is 3.83. The molecule has 0 aliphatic carbocycles. The summed E-state index contributed by atoms with van der Waals surface area (Å²) in [5, 5.41) is 0. The van der Waals surface area contributed by atoms with Crippen molar-refractivity contribution in [3.05, 3.63) is 40.0 Å². The molecule has 0 amide bonds. The van der Waals surface area contributed by atoms with Crippen LogP contribution in [-0.2, 0) is 9.53 Å². The lowest BCUT2D eigenvalue weighted by Crippen LogP contribution is -2.19. The molecule has 0 bridgehead atoms. The minimum Gasteiger partial charge on any atom is -0.463 e. The minimum atomic E-state index is -0.255. The van der Waals surface area contributed by atoms with Gasteiger partial charge >= 0.3 is 5.97 Å². The van der Waals surface area contributed by atoms with Crippen LogP contribution in [0.15, 0.2) is 34.4 Å². The van der Waals surface area contributed by atoms with E-state index in [0.717, 1.165) is 35.2 Å². The van der Waals surface area contributed by atoms with Crippen LogP contribution in [0.25, 0.3) is 0 Å². The molecule has 3 nitrogen and oxygen atoms in total. The van der Waals surface area contributed by atoms with Crippen LogP contribution in [0.2, 0.25) is 0 Å². The number of halogens is 1. The summed E-state index contributed by atoms with van der Waals surface area (Å²) in [6.07, 6.45) is 3.60. The summed E-state index contributed by atoms with van der Waals surface area (Å²) in [7, 11) is 0. The molecular weight excluding hydrogens is 306 g/mol. The molecule has 1 fully saturated rings. The second-order valence-electron chi connectivity index (χ2n) is 4.55. The minimum absolute atomic E-state index is 0.255. The van der Waals surface area contributed by atoms with Crippen LogP contribution in [0.3, 0.4) is 0 Å². The number of carbonyl (C=O) groups excluding carboxylic acids is 1. The zero-order chi connectivity index (χ0) is 13.8. The van der Waals surface area contributed by atoms with E-state index in [1.807, 2.05) is 19.1 Å². The van der Waals surface area contributed by atoms with Crippen LogP contribution >= 0.6 is 15.9 Å². The fourth-order valence-corrected chi connectivity index (χ4v) is 3.07. The zero-order valence-corrected chi connectivity index (χ0v) is 12.9. The molecule has 1 aromatic rings. The highest BCUT2D eigenvalue weighted by Crippen LogP contribution is 2.36. The first-order chi connectivity index (χ1) is 9.13. The normalized spacial score (nSPS) is 17.0. The van der Waals surface area contributed by atoms with Crippen molar-refractivity contribution in [1.29, 1.82) is 0 Å². The lowest BCUT2D eigenvalue weighted by molar-refractivity contribution is -0.137. The van der Waals surface area contributed by atoms with Crippen molar-refractivity contribution in [1.82, 2.24) is 0 Å². The van der Waals surface area contributed by atoms with Crippen molar-refractivity contribution in [3.63, 3.8) is 0 Å². The first-order valence-electron chi connectivity index (χ1n) is 6.53.